The van der Waals surface area contributed by atoms with Crippen LogP contribution in [0.2, 0.25) is 5.02 Å². The van der Waals surface area contributed by atoms with E-state index in [2.05, 4.69) is 10.2 Å². The van der Waals surface area contributed by atoms with Gasteiger partial charge in [0, 0.05) is 50.0 Å². The first kappa shape index (κ1) is 25.0. The fraction of sp³-hybridized carbons (Fsp3) is 0.458. The van der Waals surface area contributed by atoms with Crippen molar-refractivity contribution in [1.29, 1.82) is 0 Å². The van der Waals surface area contributed by atoms with E-state index < -0.39 is 6.23 Å². The average molecular weight is 477 g/mol. The summed E-state index contributed by atoms with van der Waals surface area (Å²) in [6.45, 7) is 4.62. The van der Waals surface area contributed by atoms with Gasteiger partial charge < -0.3 is 30.5 Å². The molecule has 0 bridgehead atoms. The number of piperidine rings is 1. The smallest absolute Gasteiger partial charge is 0.260 e. The Morgan fingerprint density at radius 2 is 1.97 bits per heavy atom. The summed E-state index contributed by atoms with van der Waals surface area (Å²) < 4.78 is 11.0. The summed E-state index contributed by atoms with van der Waals surface area (Å²) in [6, 6.07) is 12.9. The van der Waals surface area contributed by atoms with Gasteiger partial charge in [0.05, 0.1) is 17.8 Å². The van der Waals surface area contributed by atoms with Gasteiger partial charge in [0.15, 0.2) is 18.1 Å². The van der Waals surface area contributed by atoms with Gasteiger partial charge in [0.1, 0.15) is 6.23 Å². The number of amides is 1. The van der Waals surface area contributed by atoms with Crippen molar-refractivity contribution in [2.45, 2.75) is 32.0 Å². The van der Waals surface area contributed by atoms with Crippen molar-refractivity contribution in [2.75, 3.05) is 50.9 Å². The van der Waals surface area contributed by atoms with Crippen LogP contribution in [0.1, 0.15) is 19.8 Å². The molecule has 1 aliphatic rings. The molecular formula is C24H33ClN4O4. The number of nitrogen functional groups attached to an aromatic ring is 1. The zero-order chi connectivity index (χ0) is 23.8. The van der Waals surface area contributed by atoms with Crippen LogP contribution < -0.4 is 20.5 Å². The van der Waals surface area contributed by atoms with Crippen LogP contribution in [0.5, 0.6) is 11.5 Å². The number of methoxy groups -OCH3 is 1. The molecule has 1 fully saturated rings. The lowest BCUT2D eigenvalue weighted by atomic mass is 10.0. The minimum Gasteiger partial charge on any atom is -0.493 e. The molecular weight excluding hydrogens is 444 g/mol. The Labute approximate surface area is 200 Å². The number of hydrogen-bond acceptors (Lipinski definition) is 7. The van der Waals surface area contributed by atoms with Crippen LogP contribution in [0.25, 0.3) is 0 Å². The minimum absolute atomic E-state index is 0.0858. The predicted octanol–water partition coefficient (Wildman–Crippen LogP) is 3.05. The zero-order valence-electron chi connectivity index (χ0n) is 19.2. The minimum atomic E-state index is -0.650. The van der Waals surface area contributed by atoms with Crippen molar-refractivity contribution in [3.8, 4) is 11.5 Å². The van der Waals surface area contributed by atoms with Crippen LogP contribution in [-0.2, 0) is 4.79 Å². The molecule has 1 aliphatic heterocycles. The fourth-order valence-corrected chi connectivity index (χ4v) is 4.27. The zero-order valence-corrected chi connectivity index (χ0v) is 19.9. The molecule has 1 amide bonds. The van der Waals surface area contributed by atoms with Gasteiger partial charge in [0.25, 0.3) is 5.91 Å². The van der Waals surface area contributed by atoms with Crippen LogP contribution in [-0.4, -0.2) is 73.0 Å². The standard InChI is InChI=1S/C24H33ClN4O4/c1-3-29(24(31)16-33-22-14-20(26)19(25)13-21(22)32-2)18-9-11-28(12-10-18)15-23(30)27-17-7-5-4-6-8-17/h4-8,13-14,18,23,27,30H,3,9-12,15-16,26H2,1-2H3. The lowest BCUT2D eigenvalue weighted by Gasteiger charge is -2.38. The second-order valence-electron chi connectivity index (χ2n) is 8.05. The summed E-state index contributed by atoms with van der Waals surface area (Å²) in [5.74, 6) is 0.733. The number of hydrogen-bond donors (Lipinski definition) is 3. The maximum Gasteiger partial charge on any atom is 0.260 e. The molecule has 3 rings (SSSR count). The Balaban J connectivity index is 1.48. The monoisotopic (exact) mass is 476 g/mol. The number of carbonyl (C=O) groups is 1. The maximum absolute atomic E-state index is 12.9. The molecule has 2 aromatic rings. The molecule has 1 heterocycles. The number of nitrogens with zero attached hydrogens (tertiary/aromatic N) is 2. The predicted molar refractivity (Wildman–Crippen MR) is 131 cm³/mol. The molecule has 4 N–H and O–H groups in total. The number of carbonyl (C=O) groups excluding carboxylic acids is 1. The number of β-amino-alcohol motifs (C(OH)–C–C–N with tert-alkyl or cyclic N) is 1. The van der Waals surface area contributed by atoms with Gasteiger partial charge in [-0.2, -0.15) is 0 Å². The third kappa shape index (κ3) is 6.90. The molecule has 0 spiro atoms. The van der Waals surface area contributed by atoms with Crippen molar-refractivity contribution in [3.05, 3.63) is 47.5 Å². The summed E-state index contributed by atoms with van der Waals surface area (Å²) >= 11 is 6.03. The number of benzene rings is 2. The molecule has 33 heavy (non-hydrogen) atoms. The average Bonchev–Trinajstić information content (AvgIpc) is 2.81. The first-order valence-electron chi connectivity index (χ1n) is 11.2. The van der Waals surface area contributed by atoms with Gasteiger partial charge in [-0.25, -0.2) is 0 Å². The highest BCUT2D eigenvalue weighted by Crippen LogP contribution is 2.34. The molecule has 1 atom stereocenters. The van der Waals surface area contributed by atoms with Crippen LogP contribution in [0.4, 0.5) is 11.4 Å². The van der Waals surface area contributed by atoms with Crippen LogP contribution in [0.3, 0.4) is 0 Å². The van der Waals surface area contributed by atoms with Gasteiger partial charge in [-0.1, -0.05) is 29.8 Å². The van der Waals surface area contributed by atoms with Gasteiger partial charge in [-0.15, -0.1) is 0 Å². The Morgan fingerprint density at radius 3 is 2.61 bits per heavy atom. The van der Waals surface area contributed by atoms with E-state index in [-0.39, 0.29) is 18.6 Å². The Bertz CT molecular complexity index is 907. The van der Waals surface area contributed by atoms with E-state index in [0.29, 0.717) is 35.3 Å². The number of aliphatic hydroxyl groups excluding tert-OH is 1. The van der Waals surface area contributed by atoms with Crippen LogP contribution in [0.15, 0.2) is 42.5 Å². The molecule has 0 aromatic heterocycles. The number of likely N-dealkylation sites (tertiary alicyclic amines) is 1. The van der Waals surface area contributed by atoms with E-state index in [1.54, 1.807) is 12.1 Å². The first-order valence-corrected chi connectivity index (χ1v) is 11.6. The molecule has 2 aromatic carbocycles. The normalized spacial score (nSPS) is 15.6. The van der Waals surface area contributed by atoms with E-state index in [9.17, 15) is 9.90 Å². The lowest BCUT2D eigenvalue weighted by Crippen LogP contribution is -2.50. The summed E-state index contributed by atoms with van der Waals surface area (Å²) in [6.07, 6.45) is 1.03. The molecule has 1 unspecified atom stereocenters. The van der Waals surface area contributed by atoms with Crippen molar-refractivity contribution >= 4 is 28.9 Å². The fourth-order valence-electron chi connectivity index (χ4n) is 4.11. The summed E-state index contributed by atoms with van der Waals surface area (Å²) in [5.41, 5.74) is 7.11. The van der Waals surface area contributed by atoms with E-state index in [0.717, 1.165) is 31.6 Å². The van der Waals surface area contributed by atoms with Gasteiger partial charge >= 0.3 is 0 Å². The lowest BCUT2D eigenvalue weighted by molar-refractivity contribution is -0.136. The van der Waals surface area contributed by atoms with Gasteiger partial charge in [-0.05, 0) is 31.9 Å². The third-order valence-corrected chi connectivity index (χ3v) is 6.16. The SMILES string of the molecule is CCN(C(=O)COc1cc(N)c(Cl)cc1OC)C1CCN(CC(O)Nc2ccccc2)CC1. The molecule has 0 saturated carbocycles. The molecule has 180 valence electrons. The topological polar surface area (TPSA) is 100 Å². The molecule has 8 nitrogen and oxygen atoms in total. The number of likely N-dealkylation sites (N-methyl/N-ethyl adjacent to an activating group) is 1. The van der Waals surface area contributed by atoms with E-state index >= 15 is 0 Å². The van der Waals surface area contributed by atoms with Crippen LogP contribution >= 0.6 is 11.6 Å². The first-order chi connectivity index (χ1) is 15.9. The van der Waals surface area contributed by atoms with Crippen molar-refractivity contribution in [3.63, 3.8) is 0 Å². The Morgan fingerprint density at radius 1 is 1.27 bits per heavy atom. The van der Waals surface area contributed by atoms with Crippen molar-refractivity contribution < 1.29 is 19.4 Å². The van der Waals surface area contributed by atoms with Crippen molar-refractivity contribution in [1.82, 2.24) is 9.80 Å². The number of nitrogens with one attached hydrogen (secondary N) is 1. The number of halogens is 1. The van der Waals surface area contributed by atoms with E-state index in [1.165, 1.54) is 7.11 Å². The van der Waals surface area contributed by atoms with Gasteiger partial charge in [-0.3, -0.25) is 9.69 Å². The second kappa shape index (κ2) is 12.0. The highest BCUT2D eigenvalue weighted by molar-refractivity contribution is 6.33. The summed E-state index contributed by atoms with van der Waals surface area (Å²) in [4.78, 5) is 17.0. The summed E-state index contributed by atoms with van der Waals surface area (Å²) in [7, 11) is 1.51. The Hall–Kier alpha value is -2.68. The number of aliphatic hydroxyl groups is 1. The second-order valence-corrected chi connectivity index (χ2v) is 8.46. The number of ether oxygens (including phenoxy) is 2. The van der Waals surface area contributed by atoms with Crippen molar-refractivity contribution in [2.24, 2.45) is 0 Å². The number of nitrogens with two attached hydrogens (primary N) is 1. The summed E-state index contributed by atoms with van der Waals surface area (Å²) in [5, 5.41) is 13.8. The largest absolute Gasteiger partial charge is 0.493 e. The number of anilines is 2. The van der Waals surface area contributed by atoms with Gasteiger partial charge in [0.2, 0.25) is 0 Å². The molecule has 0 aliphatic carbocycles. The van der Waals surface area contributed by atoms with E-state index in [1.807, 2.05) is 42.2 Å². The highest BCUT2D eigenvalue weighted by atomic mass is 35.5. The highest BCUT2D eigenvalue weighted by Gasteiger charge is 2.28. The quantitative estimate of drug-likeness (QED) is 0.358. The Kier molecular flexibility index (Phi) is 9.05. The van der Waals surface area contributed by atoms with E-state index in [4.69, 9.17) is 26.8 Å². The number of rotatable bonds is 10. The molecule has 9 heteroatoms. The number of para-hydroxylation sites is 1. The van der Waals surface area contributed by atoms with Crippen LogP contribution in [0, 0.1) is 0 Å². The maximum atomic E-state index is 12.9. The third-order valence-electron chi connectivity index (χ3n) is 5.83. The molecule has 1 saturated heterocycles. The molecule has 0 radical (unpaired) electrons.